The maximum absolute atomic E-state index is 5.94. The molecule has 0 aliphatic carbocycles. The molecule has 1 saturated heterocycles. The van der Waals surface area contributed by atoms with Crippen molar-refractivity contribution in [2.75, 3.05) is 18.0 Å². The summed E-state index contributed by atoms with van der Waals surface area (Å²) >= 11 is 7.59. The number of nitrogens with one attached hydrogen (secondary N) is 1. The van der Waals surface area contributed by atoms with E-state index in [1.54, 1.807) is 23.7 Å². The molecule has 0 atom stereocenters. The van der Waals surface area contributed by atoms with Gasteiger partial charge in [-0.3, -0.25) is 0 Å². The Hall–Kier alpha value is -1.17. The fraction of sp³-hybridized carbons (Fsp3) is 0.429. The molecular weight excluding hydrogens is 292 g/mol. The normalized spacial score (nSPS) is 16.6. The van der Waals surface area contributed by atoms with Crippen LogP contribution in [-0.4, -0.2) is 29.1 Å². The number of hydrogen-bond donors (Lipinski definition) is 1. The molecule has 4 nitrogen and oxygen atoms in total. The van der Waals surface area contributed by atoms with Gasteiger partial charge in [-0.1, -0.05) is 11.6 Å². The Kier molecular flexibility index (Phi) is 4.50. The fourth-order valence-electron chi connectivity index (χ4n) is 2.43. The molecule has 0 amide bonds. The van der Waals surface area contributed by atoms with Crippen LogP contribution >= 0.6 is 22.9 Å². The summed E-state index contributed by atoms with van der Waals surface area (Å²) in [6, 6.07) is 6.46. The molecule has 1 aliphatic rings. The second-order valence-electron chi connectivity index (χ2n) is 4.90. The summed E-state index contributed by atoms with van der Waals surface area (Å²) in [6.07, 6.45) is 5.84. The van der Waals surface area contributed by atoms with Crippen LogP contribution in [0.15, 0.2) is 30.6 Å². The molecule has 1 fully saturated rings. The minimum atomic E-state index is 0.566. The van der Waals surface area contributed by atoms with Crippen molar-refractivity contribution in [3.05, 3.63) is 39.8 Å². The van der Waals surface area contributed by atoms with Gasteiger partial charge in [-0.05, 0) is 31.0 Å². The van der Waals surface area contributed by atoms with Crippen molar-refractivity contribution in [3.63, 3.8) is 0 Å². The second-order valence-corrected chi connectivity index (χ2v) is 6.70. The standard InChI is InChI=1S/C14H17ClN4S/c15-13-3-2-12(20-13)10-18-11-4-8-19(9-5-11)14-16-6-1-7-17-14/h1-3,6-7,11,18H,4-5,8-10H2. The molecule has 6 heteroatoms. The lowest BCUT2D eigenvalue weighted by molar-refractivity contribution is 0.412. The van der Waals surface area contributed by atoms with E-state index in [1.807, 2.05) is 12.1 Å². The van der Waals surface area contributed by atoms with Crippen LogP contribution in [0.1, 0.15) is 17.7 Å². The highest BCUT2D eigenvalue weighted by molar-refractivity contribution is 7.16. The van der Waals surface area contributed by atoms with E-state index in [9.17, 15) is 0 Å². The van der Waals surface area contributed by atoms with Crippen LogP contribution in [0.5, 0.6) is 0 Å². The van der Waals surface area contributed by atoms with Gasteiger partial charge in [0.2, 0.25) is 5.95 Å². The van der Waals surface area contributed by atoms with Crippen molar-refractivity contribution in [3.8, 4) is 0 Å². The smallest absolute Gasteiger partial charge is 0.225 e. The Morgan fingerprint density at radius 3 is 2.65 bits per heavy atom. The first-order valence-corrected chi connectivity index (χ1v) is 8.00. The van der Waals surface area contributed by atoms with Gasteiger partial charge in [0.05, 0.1) is 4.34 Å². The van der Waals surface area contributed by atoms with Crippen LogP contribution in [-0.2, 0) is 6.54 Å². The maximum atomic E-state index is 5.94. The molecule has 1 N–H and O–H groups in total. The number of aromatic nitrogens is 2. The Labute approximate surface area is 127 Å². The van der Waals surface area contributed by atoms with Crippen LogP contribution in [0.3, 0.4) is 0 Å². The highest BCUT2D eigenvalue weighted by Crippen LogP contribution is 2.22. The molecule has 0 unspecified atom stereocenters. The summed E-state index contributed by atoms with van der Waals surface area (Å²) in [4.78, 5) is 12.2. The highest BCUT2D eigenvalue weighted by Gasteiger charge is 2.20. The number of rotatable bonds is 4. The molecule has 0 aromatic carbocycles. The van der Waals surface area contributed by atoms with Crippen molar-refractivity contribution < 1.29 is 0 Å². The lowest BCUT2D eigenvalue weighted by Crippen LogP contribution is -2.42. The zero-order chi connectivity index (χ0) is 13.8. The first-order valence-electron chi connectivity index (χ1n) is 6.81. The third-order valence-electron chi connectivity index (χ3n) is 3.52. The lowest BCUT2D eigenvalue weighted by Gasteiger charge is -2.32. The maximum Gasteiger partial charge on any atom is 0.225 e. The summed E-state index contributed by atoms with van der Waals surface area (Å²) in [7, 11) is 0. The molecule has 0 radical (unpaired) electrons. The third kappa shape index (κ3) is 3.48. The molecule has 2 aromatic rings. The van der Waals surface area contributed by atoms with Gasteiger partial charge in [0.25, 0.3) is 0 Å². The van der Waals surface area contributed by atoms with Crippen molar-refractivity contribution in [1.29, 1.82) is 0 Å². The predicted octanol–water partition coefficient (Wildman–Crippen LogP) is 2.95. The largest absolute Gasteiger partial charge is 0.341 e. The molecule has 0 spiro atoms. The van der Waals surface area contributed by atoms with E-state index in [-0.39, 0.29) is 0 Å². The van der Waals surface area contributed by atoms with Crippen molar-refractivity contribution in [2.24, 2.45) is 0 Å². The van der Waals surface area contributed by atoms with E-state index in [0.717, 1.165) is 42.8 Å². The summed E-state index contributed by atoms with van der Waals surface area (Å²) < 4.78 is 0.859. The van der Waals surface area contributed by atoms with Gasteiger partial charge >= 0.3 is 0 Å². The topological polar surface area (TPSA) is 41.0 Å². The average molecular weight is 309 g/mol. The van der Waals surface area contributed by atoms with Crippen molar-refractivity contribution in [1.82, 2.24) is 15.3 Å². The minimum absolute atomic E-state index is 0.566. The predicted molar refractivity (Wildman–Crippen MR) is 83.4 cm³/mol. The third-order valence-corrected chi connectivity index (χ3v) is 4.75. The monoisotopic (exact) mass is 308 g/mol. The molecule has 20 heavy (non-hydrogen) atoms. The van der Waals surface area contributed by atoms with E-state index in [1.165, 1.54) is 4.88 Å². The van der Waals surface area contributed by atoms with Gasteiger partial charge in [-0.15, -0.1) is 11.3 Å². The Morgan fingerprint density at radius 2 is 2.00 bits per heavy atom. The molecule has 0 bridgehead atoms. The zero-order valence-corrected chi connectivity index (χ0v) is 12.7. The van der Waals surface area contributed by atoms with E-state index < -0.39 is 0 Å². The van der Waals surface area contributed by atoms with Gasteiger partial charge in [-0.25, -0.2) is 9.97 Å². The van der Waals surface area contributed by atoms with E-state index in [2.05, 4.69) is 26.3 Å². The Morgan fingerprint density at radius 1 is 1.25 bits per heavy atom. The number of anilines is 1. The zero-order valence-electron chi connectivity index (χ0n) is 11.1. The lowest BCUT2D eigenvalue weighted by atomic mass is 10.1. The van der Waals surface area contributed by atoms with E-state index >= 15 is 0 Å². The summed E-state index contributed by atoms with van der Waals surface area (Å²) in [5, 5.41) is 3.61. The quantitative estimate of drug-likeness (QED) is 0.943. The van der Waals surface area contributed by atoms with Crippen LogP contribution in [0.2, 0.25) is 4.34 Å². The van der Waals surface area contributed by atoms with Crippen LogP contribution in [0.25, 0.3) is 0 Å². The van der Waals surface area contributed by atoms with Crippen LogP contribution < -0.4 is 10.2 Å². The first-order chi connectivity index (χ1) is 9.81. The summed E-state index contributed by atoms with van der Waals surface area (Å²) in [5.41, 5.74) is 0. The van der Waals surface area contributed by atoms with Gasteiger partial charge < -0.3 is 10.2 Å². The Balaban J connectivity index is 1.47. The average Bonchev–Trinajstić information content (AvgIpc) is 2.92. The van der Waals surface area contributed by atoms with Gasteiger partial charge in [-0.2, -0.15) is 0 Å². The SMILES string of the molecule is Clc1ccc(CNC2CCN(c3ncccn3)CC2)s1. The van der Waals surface area contributed by atoms with Crippen LogP contribution in [0, 0.1) is 0 Å². The number of nitrogens with zero attached hydrogens (tertiary/aromatic N) is 3. The summed E-state index contributed by atoms with van der Waals surface area (Å²) in [6.45, 7) is 2.92. The summed E-state index contributed by atoms with van der Waals surface area (Å²) in [5.74, 6) is 0.844. The molecular formula is C14H17ClN4S. The first kappa shape index (κ1) is 13.8. The number of hydrogen-bond acceptors (Lipinski definition) is 5. The molecule has 106 valence electrons. The second kappa shape index (κ2) is 6.52. The molecule has 3 heterocycles. The van der Waals surface area contributed by atoms with E-state index in [0.29, 0.717) is 6.04 Å². The van der Waals surface area contributed by atoms with E-state index in [4.69, 9.17) is 11.6 Å². The molecule has 0 saturated carbocycles. The highest BCUT2D eigenvalue weighted by atomic mass is 35.5. The van der Waals surface area contributed by atoms with Crippen molar-refractivity contribution >= 4 is 28.9 Å². The number of piperidine rings is 1. The number of thiophene rings is 1. The van der Waals surface area contributed by atoms with Gasteiger partial charge in [0, 0.05) is 42.9 Å². The fourth-order valence-corrected chi connectivity index (χ4v) is 3.47. The Bertz CT molecular complexity index is 537. The molecule has 3 rings (SSSR count). The van der Waals surface area contributed by atoms with Gasteiger partial charge in [0.1, 0.15) is 0 Å². The van der Waals surface area contributed by atoms with Gasteiger partial charge in [0.15, 0.2) is 0 Å². The van der Waals surface area contributed by atoms with Crippen molar-refractivity contribution in [2.45, 2.75) is 25.4 Å². The minimum Gasteiger partial charge on any atom is -0.341 e. The molecule has 2 aromatic heterocycles. The number of halogens is 1. The van der Waals surface area contributed by atoms with Crippen LogP contribution in [0.4, 0.5) is 5.95 Å². The molecule has 1 aliphatic heterocycles.